The Morgan fingerprint density at radius 3 is 2.52 bits per heavy atom. The maximum atomic E-state index is 12.8. The van der Waals surface area contributed by atoms with E-state index in [0.717, 1.165) is 28.8 Å². The molecule has 146 valence electrons. The van der Waals surface area contributed by atoms with Crippen molar-refractivity contribution in [2.45, 2.75) is 45.1 Å². The molecule has 0 aromatic heterocycles. The molecule has 0 radical (unpaired) electrons. The highest BCUT2D eigenvalue weighted by molar-refractivity contribution is 7.89. The Hall–Kier alpha value is -2.38. The minimum atomic E-state index is -3.92. The van der Waals surface area contributed by atoms with Crippen molar-refractivity contribution in [1.82, 2.24) is 4.72 Å². The van der Waals surface area contributed by atoms with Gasteiger partial charge in [0, 0.05) is 5.69 Å². The lowest BCUT2D eigenvalue weighted by molar-refractivity contribution is -0.117. The molecule has 2 rings (SSSR count). The zero-order valence-electron chi connectivity index (χ0n) is 16.3. The molecule has 0 spiro atoms. The number of amides is 1. The topological polar surface area (TPSA) is 84.5 Å². The Bertz CT molecular complexity index is 939. The Labute approximate surface area is 161 Å². The molecule has 0 fully saturated rings. The van der Waals surface area contributed by atoms with Crippen LogP contribution in [0.15, 0.2) is 41.3 Å². The lowest BCUT2D eigenvalue weighted by Crippen LogP contribution is -2.41. The maximum Gasteiger partial charge on any atom is 0.244 e. The first-order chi connectivity index (χ1) is 12.7. The molecule has 2 aromatic rings. The lowest BCUT2D eigenvalue weighted by atomic mass is 10.1. The fraction of sp³-hybridized carbons (Fsp3) is 0.350. The van der Waals surface area contributed by atoms with E-state index < -0.39 is 22.0 Å². The Morgan fingerprint density at radius 1 is 1.19 bits per heavy atom. The third-order valence-electron chi connectivity index (χ3n) is 4.32. The second-order valence-electron chi connectivity index (χ2n) is 6.45. The van der Waals surface area contributed by atoms with Crippen molar-refractivity contribution in [2.75, 3.05) is 12.4 Å². The van der Waals surface area contributed by atoms with E-state index in [1.165, 1.54) is 20.1 Å². The van der Waals surface area contributed by atoms with Crippen molar-refractivity contribution in [1.29, 1.82) is 0 Å². The number of sulfonamides is 1. The number of ether oxygens (including phenoxy) is 1. The van der Waals surface area contributed by atoms with Gasteiger partial charge in [0.05, 0.1) is 13.2 Å². The van der Waals surface area contributed by atoms with Gasteiger partial charge in [0.15, 0.2) is 0 Å². The monoisotopic (exact) mass is 390 g/mol. The second-order valence-corrected chi connectivity index (χ2v) is 8.13. The van der Waals surface area contributed by atoms with Gasteiger partial charge >= 0.3 is 0 Å². The van der Waals surface area contributed by atoms with Gasteiger partial charge in [-0.05, 0) is 56.0 Å². The number of hydrogen-bond acceptors (Lipinski definition) is 4. The Kier molecular flexibility index (Phi) is 6.62. The number of carbonyl (C=O) groups excluding carboxylic acids is 1. The predicted octanol–water partition coefficient (Wildman–Crippen LogP) is 3.18. The number of nitrogens with one attached hydrogen (secondary N) is 2. The van der Waals surface area contributed by atoms with Gasteiger partial charge in [-0.3, -0.25) is 4.79 Å². The van der Waals surface area contributed by atoms with Gasteiger partial charge in [-0.15, -0.1) is 0 Å². The SMILES string of the molecule is CCc1cccc(C)c1NC(=O)[C@H](C)NS(=O)(=O)c1cc(C)ccc1OC. The summed E-state index contributed by atoms with van der Waals surface area (Å²) in [5.41, 5.74) is 3.43. The highest BCUT2D eigenvalue weighted by atomic mass is 32.2. The van der Waals surface area contributed by atoms with Crippen LogP contribution in [0.2, 0.25) is 0 Å². The second kappa shape index (κ2) is 8.54. The quantitative estimate of drug-likeness (QED) is 0.760. The van der Waals surface area contributed by atoms with Crippen LogP contribution in [0, 0.1) is 13.8 Å². The lowest BCUT2D eigenvalue weighted by Gasteiger charge is -2.18. The number of benzene rings is 2. The summed E-state index contributed by atoms with van der Waals surface area (Å²) >= 11 is 0. The van der Waals surface area contributed by atoms with Crippen LogP contribution in [0.4, 0.5) is 5.69 Å². The summed E-state index contributed by atoms with van der Waals surface area (Å²) in [5, 5.41) is 2.85. The molecule has 7 heteroatoms. The molecule has 0 aliphatic carbocycles. The zero-order chi connectivity index (χ0) is 20.2. The van der Waals surface area contributed by atoms with Gasteiger partial charge in [0.1, 0.15) is 10.6 Å². The summed E-state index contributed by atoms with van der Waals surface area (Å²) < 4.78 is 33.1. The number of aryl methyl sites for hydroxylation is 3. The fourth-order valence-corrected chi connectivity index (χ4v) is 4.23. The molecule has 0 aliphatic rings. The van der Waals surface area contributed by atoms with E-state index in [1.54, 1.807) is 19.1 Å². The van der Waals surface area contributed by atoms with E-state index in [2.05, 4.69) is 10.0 Å². The normalized spacial score (nSPS) is 12.5. The number of anilines is 1. The molecule has 6 nitrogen and oxygen atoms in total. The van der Waals surface area contributed by atoms with E-state index in [1.807, 2.05) is 32.0 Å². The summed E-state index contributed by atoms with van der Waals surface area (Å²) in [4.78, 5) is 12.6. The smallest absolute Gasteiger partial charge is 0.244 e. The fourth-order valence-electron chi connectivity index (χ4n) is 2.78. The first-order valence-corrected chi connectivity index (χ1v) is 10.2. The molecule has 0 bridgehead atoms. The molecule has 1 amide bonds. The maximum absolute atomic E-state index is 12.8. The molecular weight excluding hydrogens is 364 g/mol. The van der Waals surface area contributed by atoms with Crippen molar-refractivity contribution >= 4 is 21.6 Å². The third kappa shape index (κ3) is 4.87. The van der Waals surface area contributed by atoms with Crippen molar-refractivity contribution in [3.05, 3.63) is 53.1 Å². The number of para-hydroxylation sites is 1. The number of hydrogen-bond donors (Lipinski definition) is 2. The molecule has 0 unspecified atom stereocenters. The van der Waals surface area contributed by atoms with Gasteiger partial charge in [-0.2, -0.15) is 4.72 Å². The molecular formula is C20H26N2O4S. The highest BCUT2D eigenvalue weighted by Crippen LogP contribution is 2.25. The summed E-state index contributed by atoms with van der Waals surface area (Å²) in [6, 6.07) is 9.69. The van der Waals surface area contributed by atoms with Crippen LogP contribution in [0.3, 0.4) is 0 Å². The average Bonchev–Trinajstić information content (AvgIpc) is 2.62. The van der Waals surface area contributed by atoms with Crippen LogP contribution >= 0.6 is 0 Å². The van der Waals surface area contributed by atoms with Gasteiger partial charge in [0.25, 0.3) is 0 Å². The van der Waals surface area contributed by atoms with Crippen LogP contribution in [-0.4, -0.2) is 27.5 Å². The minimum absolute atomic E-state index is 0.00906. The van der Waals surface area contributed by atoms with E-state index >= 15 is 0 Å². The summed E-state index contributed by atoms with van der Waals surface area (Å²) in [6.07, 6.45) is 0.762. The average molecular weight is 391 g/mol. The summed E-state index contributed by atoms with van der Waals surface area (Å²) in [7, 11) is -2.52. The van der Waals surface area contributed by atoms with Crippen LogP contribution in [0.25, 0.3) is 0 Å². The zero-order valence-corrected chi connectivity index (χ0v) is 17.1. The molecule has 0 aliphatic heterocycles. The third-order valence-corrected chi connectivity index (χ3v) is 5.88. The van der Waals surface area contributed by atoms with Gasteiger partial charge < -0.3 is 10.1 Å². The van der Waals surface area contributed by atoms with Crippen molar-refractivity contribution < 1.29 is 17.9 Å². The standard InChI is InChI=1S/C20H26N2O4S/c1-6-16-9-7-8-14(3)19(16)21-20(23)15(4)22-27(24,25)18-12-13(2)10-11-17(18)26-5/h7-12,15,22H,6H2,1-5H3,(H,21,23)/t15-/m0/s1. The van der Waals surface area contributed by atoms with Gasteiger partial charge in [-0.25, -0.2) is 8.42 Å². The molecule has 2 N–H and O–H groups in total. The minimum Gasteiger partial charge on any atom is -0.495 e. The Morgan fingerprint density at radius 2 is 1.89 bits per heavy atom. The van der Waals surface area contributed by atoms with Gasteiger partial charge in [0.2, 0.25) is 15.9 Å². The van der Waals surface area contributed by atoms with Crippen LogP contribution in [0.1, 0.15) is 30.5 Å². The van der Waals surface area contributed by atoms with E-state index in [4.69, 9.17) is 4.74 Å². The summed E-state index contributed by atoms with van der Waals surface area (Å²) in [6.45, 7) is 7.21. The first-order valence-electron chi connectivity index (χ1n) is 8.76. The first kappa shape index (κ1) is 20.9. The molecule has 0 saturated carbocycles. The number of methoxy groups -OCH3 is 1. The van der Waals surface area contributed by atoms with Crippen LogP contribution in [-0.2, 0) is 21.2 Å². The Balaban J connectivity index is 2.23. The molecule has 0 saturated heterocycles. The van der Waals surface area contributed by atoms with Crippen molar-refractivity contribution in [3.63, 3.8) is 0 Å². The molecule has 2 aromatic carbocycles. The van der Waals surface area contributed by atoms with Crippen LogP contribution in [0.5, 0.6) is 5.75 Å². The molecule has 0 heterocycles. The van der Waals surface area contributed by atoms with E-state index in [9.17, 15) is 13.2 Å². The number of rotatable bonds is 7. The van der Waals surface area contributed by atoms with Crippen molar-refractivity contribution in [3.8, 4) is 5.75 Å². The highest BCUT2D eigenvalue weighted by Gasteiger charge is 2.25. The molecule has 27 heavy (non-hydrogen) atoms. The van der Waals surface area contributed by atoms with Gasteiger partial charge in [-0.1, -0.05) is 31.2 Å². The summed E-state index contributed by atoms with van der Waals surface area (Å²) in [5.74, 6) is -0.193. The molecule has 1 atom stereocenters. The van der Waals surface area contributed by atoms with Crippen LogP contribution < -0.4 is 14.8 Å². The number of carbonyl (C=O) groups is 1. The predicted molar refractivity (Wildman–Crippen MR) is 107 cm³/mol. The largest absolute Gasteiger partial charge is 0.495 e. The van der Waals surface area contributed by atoms with E-state index in [-0.39, 0.29) is 10.6 Å². The van der Waals surface area contributed by atoms with E-state index in [0.29, 0.717) is 0 Å². The van der Waals surface area contributed by atoms with Crippen molar-refractivity contribution in [2.24, 2.45) is 0 Å².